The molecule has 0 amide bonds. The van der Waals surface area contributed by atoms with Crippen LogP contribution in [0.3, 0.4) is 0 Å². The minimum Gasteiger partial charge on any atom is -0.463 e. The van der Waals surface area contributed by atoms with Crippen molar-refractivity contribution in [1.82, 2.24) is 0 Å². The maximum atomic E-state index is 11.7. The summed E-state index contributed by atoms with van der Waals surface area (Å²) in [5, 5.41) is 9.79. The van der Waals surface area contributed by atoms with E-state index in [2.05, 4.69) is 13.8 Å². The van der Waals surface area contributed by atoms with E-state index in [9.17, 15) is 14.7 Å². The fourth-order valence-corrected chi connectivity index (χ4v) is 3.38. The van der Waals surface area contributed by atoms with Crippen LogP contribution in [-0.2, 0) is 19.1 Å². The second kappa shape index (κ2) is 22.6. The first-order valence-electron chi connectivity index (χ1n) is 12.6. The number of hydrogen-bond acceptors (Lipinski definition) is 5. The van der Waals surface area contributed by atoms with Gasteiger partial charge in [-0.2, -0.15) is 0 Å². The lowest BCUT2D eigenvalue weighted by atomic mass is 10.1. The Kier molecular flexibility index (Phi) is 21.8. The van der Waals surface area contributed by atoms with Gasteiger partial charge in [0, 0.05) is 12.8 Å². The van der Waals surface area contributed by atoms with Crippen LogP contribution < -0.4 is 0 Å². The third-order valence-electron chi connectivity index (χ3n) is 5.34. The fourth-order valence-electron chi connectivity index (χ4n) is 3.38. The number of rotatable bonds is 22. The molecule has 0 aliphatic rings. The third-order valence-corrected chi connectivity index (χ3v) is 5.34. The van der Waals surface area contributed by atoms with Gasteiger partial charge in [-0.05, 0) is 12.8 Å². The predicted molar refractivity (Wildman–Crippen MR) is 122 cm³/mol. The summed E-state index contributed by atoms with van der Waals surface area (Å²) >= 11 is 0. The van der Waals surface area contributed by atoms with E-state index in [0.717, 1.165) is 32.1 Å². The van der Waals surface area contributed by atoms with Gasteiger partial charge in [0.05, 0.1) is 0 Å². The summed E-state index contributed by atoms with van der Waals surface area (Å²) in [6.45, 7) is 4.17. The smallest absolute Gasteiger partial charge is 0.305 e. The van der Waals surface area contributed by atoms with Crippen LogP contribution in [0, 0.1) is 0 Å². The highest BCUT2D eigenvalue weighted by Gasteiger charge is 2.12. The van der Waals surface area contributed by atoms with E-state index in [1.165, 1.54) is 70.6 Å². The Morgan fingerprint density at radius 1 is 0.567 bits per heavy atom. The summed E-state index contributed by atoms with van der Waals surface area (Å²) in [6.07, 6.45) is 18.8. The van der Waals surface area contributed by atoms with Crippen LogP contribution in [0.15, 0.2) is 0 Å². The molecule has 0 aliphatic heterocycles. The third kappa shape index (κ3) is 21.6. The van der Waals surface area contributed by atoms with Crippen molar-refractivity contribution in [3.8, 4) is 0 Å². The molecule has 5 nitrogen and oxygen atoms in total. The van der Waals surface area contributed by atoms with Crippen LogP contribution >= 0.6 is 0 Å². The molecule has 0 unspecified atom stereocenters. The summed E-state index contributed by atoms with van der Waals surface area (Å²) in [7, 11) is 0. The maximum Gasteiger partial charge on any atom is 0.305 e. The Hall–Kier alpha value is -1.10. The Morgan fingerprint density at radius 3 is 1.20 bits per heavy atom. The first kappa shape index (κ1) is 28.9. The zero-order valence-corrected chi connectivity index (χ0v) is 19.8. The van der Waals surface area contributed by atoms with E-state index in [4.69, 9.17) is 9.47 Å². The topological polar surface area (TPSA) is 72.8 Å². The number of hydrogen-bond donors (Lipinski definition) is 1. The van der Waals surface area contributed by atoms with E-state index >= 15 is 0 Å². The molecule has 0 aliphatic carbocycles. The number of carbonyl (C=O) groups is 2. The normalized spacial score (nSPS) is 12.0. The first-order valence-corrected chi connectivity index (χ1v) is 12.6. The van der Waals surface area contributed by atoms with E-state index in [1.807, 2.05) is 0 Å². The molecule has 0 saturated heterocycles. The summed E-state index contributed by atoms with van der Waals surface area (Å²) in [5.74, 6) is -0.579. The van der Waals surface area contributed by atoms with Gasteiger partial charge in [0.25, 0.3) is 0 Å². The molecule has 0 radical (unpaired) electrons. The molecule has 0 fully saturated rings. The van der Waals surface area contributed by atoms with E-state index in [0.29, 0.717) is 12.8 Å². The standard InChI is InChI=1S/C25H48O5/c1-3-5-7-9-10-11-12-13-14-16-18-20-25(28)30-22-23(26)21-29-24(27)19-17-15-8-6-4-2/h23,26H,3-22H2,1-2H3/t23-/m1/s1. The van der Waals surface area contributed by atoms with Gasteiger partial charge in [0.15, 0.2) is 0 Å². The van der Waals surface area contributed by atoms with Crippen molar-refractivity contribution in [2.45, 2.75) is 136 Å². The number of aliphatic hydroxyl groups excluding tert-OH is 1. The van der Waals surface area contributed by atoms with Crippen molar-refractivity contribution in [2.75, 3.05) is 13.2 Å². The first-order chi connectivity index (χ1) is 14.6. The molecular weight excluding hydrogens is 380 g/mol. The van der Waals surface area contributed by atoms with Crippen molar-refractivity contribution >= 4 is 11.9 Å². The summed E-state index contributed by atoms with van der Waals surface area (Å²) in [6, 6.07) is 0. The van der Waals surface area contributed by atoms with Crippen molar-refractivity contribution < 1.29 is 24.2 Å². The Morgan fingerprint density at radius 2 is 0.867 bits per heavy atom. The zero-order chi connectivity index (χ0) is 22.3. The molecule has 0 spiro atoms. The van der Waals surface area contributed by atoms with E-state index < -0.39 is 6.10 Å². The number of esters is 2. The lowest BCUT2D eigenvalue weighted by molar-refractivity contribution is -0.152. The van der Waals surface area contributed by atoms with Crippen LogP contribution in [0.5, 0.6) is 0 Å². The van der Waals surface area contributed by atoms with Crippen molar-refractivity contribution in [3.63, 3.8) is 0 Å². The number of unbranched alkanes of at least 4 members (excludes halogenated alkanes) is 14. The Labute approximate surface area is 185 Å². The molecule has 0 aromatic carbocycles. The van der Waals surface area contributed by atoms with Gasteiger partial charge in [-0.1, -0.05) is 104 Å². The molecule has 30 heavy (non-hydrogen) atoms. The number of aliphatic hydroxyl groups is 1. The quantitative estimate of drug-likeness (QED) is 0.157. The molecule has 0 aromatic heterocycles. The lowest BCUT2D eigenvalue weighted by Crippen LogP contribution is -2.25. The van der Waals surface area contributed by atoms with Gasteiger partial charge in [0.1, 0.15) is 19.3 Å². The minimum absolute atomic E-state index is 0.110. The SMILES string of the molecule is CCCCCCCCCCCCCC(=O)OC[C@H](O)COC(=O)CCCCCCC. The van der Waals surface area contributed by atoms with Gasteiger partial charge in [0.2, 0.25) is 0 Å². The average Bonchev–Trinajstić information content (AvgIpc) is 2.74. The highest BCUT2D eigenvalue weighted by molar-refractivity contribution is 5.69. The van der Waals surface area contributed by atoms with Crippen molar-refractivity contribution in [2.24, 2.45) is 0 Å². The minimum atomic E-state index is -0.949. The lowest BCUT2D eigenvalue weighted by Gasteiger charge is -2.12. The second-order valence-corrected chi connectivity index (χ2v) is 8.47. The number of carbonyl (C=O) groups excluding carboxylic acids is 2. The molecule has 0 aromatic rings. The summed E-state index contributed by atoms with van der Waals surface area (Å²) in [5.41, 5.74) is 0. The molecule has 0 heterocycles. The Balaban J connectivity index is 3.43. The van der Waals surface area contributed by atoms with Gasteiger partial charge in [-0.15, -0.1) is 0 Å². The Bertz CT molecular complexity index is 397. The van der Waals surface area contributed by atoms with Crippen LogP contribution in [-0.4, -0.2) is 36.4 Å². The summed E-state index contributed by atoms with van der Waals surface area (Å²) in [4.78, 5) is 23.3. The second-order valence-electron chi connectivity index (χ2n) is 8.47. The van der Waals surface area contributed by atoms with Crippen LogP contribution in [0.25, 0.3) is 0 Å². The molecule has 0 saturated carbocycles. The molecular formula is C25H48O5. The van der Waals surface area contributed by atoms with Crippen LogP contribution in [0.1, 0.15) is 129 Å². The monoisotopic (exact) mass is 428 g/mol. The highest BCUT2D eigenvalue weighted by Crippen LogP contribution is 2.12. The highest BCUT2D eigenvalue weighted by atomic mass is 16.6. The molecule has 0 bridgehead atoms. The maximum absolute atomic E-state index is 11.7. The van der Waals surface area contributed by atoms with Crippen LogP contribution in [0.4, 0.5) is 0 Å². The summed E-state index contributed by atoms with van der Waals surface area (Å²) < 4.78 is 10.1. The number of ether oxygens (including phenoxy) is 2. The fraction of sp³-hybridized carbons (Fsp3) is 0.920. The van der Waals surface area contributed by atoms with Gasteiger partial charge >= 0.3 is 11.9 Å². The van der Waals surface area contributed by atoms with E-state index in [-0.39, 0.29) is 25.2 Å². The van der Waals surface area contributed by atoms with Gasteiger partial charge in [-0.25, -0.2) is 0 Å². The van der Waals surface area contributed by atoms with E-state index in [1.54, 1.807) is 0 Å². The van der Waals surface area contributed by atoms with Crippen molar-refractivity contribution in [3.05, 3.63) is 0 Å². The largest absolute Gasteiger partial charge is 0.463 e. The van der Waals surface area contributed by atoms with Crippen LogP contribution in [0.2, 0.25) is 0 Å². The molecule has 5 heteroatoms. The van der Waals surface area contributed by atoms with Crippen molar-refractivity contribution in [1.29, 1.82) is 0 Å². The predicted octanol–water partition coefficient (Wildman–Crippen LogP) is 6.50. The van der Waals surface area contributed by atoms with Gasteiger partial charge < -0.3 is 14.6 Å². The van der Waals surface area contributed by atoms with Gasteiger partial charge in [-0.3, -0.25) is 9.59 Å². The molecule has 1 atom stereocenters. The zero-order valence-electron chi connectivity index (χ0n) is 19.8. The molecule has 1 N–H and O–H groups in total. The molecule has 0 rings (SSSR count). The average molecular weight is 429 g/mol. The molecule has 178 valence electrons.